The quantitative estimate of drug-likeness (QED) is 0.827. The SMILES string of the molecule is Cc1cc(C)n(CNc2ccccn2)n1. The number of hydrogen-bond donors (Lipinski definition) is 1. The minimum Gasteiger partial charge on any atom is -0.351 e. The van der Waals surface area contributed by atoms with Gasteiger partial charge in [-0.2, -0.15) is 5.10 Å². The van der Waals surface area contributed by atoms with E-state index >= 15 is 0 Å². The molecular formula is C11H14N4. The summed E-state index contributed by atoms with van der Waals surface area (Å²) in [7, 11) is 0. The number of aromatic nitrogens is 3. The minimum absolute atomic E-state index is 0.649. The van der Waals surface area contributed by atoms with Crippen molar-refractivity contribution < 1.29 is 0 Å². The normalized spacial score (nSPS) is 10.3. The van der Waals surface area contributed by atoms with E-state index in [1.165, 1.54) is 0 Å². The molecule has 2 aromatic heterocycles. The standard InChI is InChI=1S/C11H14N4/c1-9-7-10(2)15(14-9)8-13-11-5-3-4-6-12-11/h3-7H,8H2,1-2H3,(H,12,13). The zero-order valence-corrected chi connectivity index (χ0v) is 8.94. The monoisotopic (exact) mass is 202 g/mol. The lowest BCUT2D eigenvalue weighted by Gasteiger charge is -2.06. The summed E-state index contributed by atoms with van der Waals surface area (Å²) in [5.41, 5.74) is 2.19. The van der Waals surface area contributed by atoms with Crippen molar-refractivity contribution in [2.75, 3.05) is 5.32 Å². The van der Waals surface area contributed by atoms with E-state index in [1.54, 1.807) is 6.20 Å². The summed E-state index contributed by atoms with van der Waals surface area (Å²) in [5.74, 6) is 0.866. The van der Waals surface area contributed by atoms with E-state index in [1.807, 2.05) is 36.7 Å². The highest BCUT2D eigenvalue weighted by Gasteiger charge is 1.99. The van der Waals surface area contributed by atoms with Gasteiger partial charge in [-0.15, -0.1) is 0 Å². The highest BCUT2D eigenvalue weighted by Crippen LogP contribution is 2.04. The summed E-state index contributed by atoms with van der Waals surface area (Å²) >= 11 is 0. The van der Waals surface area contributed by atoms with Crippen LogP contribution in [0.4, 0.5) is 5.82 Å². The van der Waals surface area contributed by atoms with E-state index in [2.05, 4.69) is 21.5 Å². The van der Waals surface area contributed by atoms with Crippen molar-refractivity contribution in [3.05, 3.63) is 41.9 Å². The van der Waals surface area contributed by atoms with Crippen molar-refractivity contribution in [1.82, 2.24) is 14.8 Å². The molecule has 0 saturated carbocycles. The molecule has 2 aromatic rings. The third-order valence-electron chi connectivity index (χ3n) is 2.18. The Labute approximate surface area is 89.0 Å². The fraction of sp³-hybridized carbons (Fsp3) is 0.273. The number of hydrogen-bond acceptors (Lipinski definition) is 3. The second-order valence-electron chi connectivity index (χ2n) is 3.48. The Balaban J connectivity index is 2.02. The smallest absolute Gasteiger partial charge is 0.127 e. The van der Waals surface area contributed by atoms with Crippen LogP contribution in [0.1, 0.15) is 11.4 Å². The van der Waals surface area contributed by atoms with Gasteiger partial charge in [-0.25, -0.2) is 4.98 Å². The molecule has 0 aliphatic rings. The largest absolute Gasteiger partial charge is 0.351 e. The van der Waals surface area contributed by atoms with Crippen molar-refractivity contribution in [3.63, 3.8) is 0 Å². The first kappa shape index (κ1) is 9.71. The Bertz CT molecular complexity index is 433. The molecule has 0 radical (unpaired) electrons. The van der Waals surface area contributed by atoms with Crippen molar-refractivity contribution >= 4 is 5.82 Å². The van der Waals surface area contributed by atoms with Gasteiger partial charge in [0.05, 0.1) is 5.69 Å². The lowest BCUT2D eigenvalue weighted by Crippen LogP contribution is -2.11. The number of aryl methyl sites for hydroxylation is 2. The zero-order valence-electron chi connectivity index (χ0n) is 8.94. The Hall–Kier alpha value is -1.84. The maximum Gasteiger partial charge on any atom is 0.127 e. The van der Waals surface area contributed by atoms with Gasteiger partial charge in [0.1, 0.15) is 12.5 Å². The summed E-state index contributed by atoms with van der Waals surface area (Å²) in [6.45, 7) is 4.68. The van der Waals surface area contributed by atoms with Crippen LogP contribution in [0, 0.1) is 13.8 Å². The van der Waals surface area contributed by atoms with Crippen LogP contribution in [0.25, 0.3) is 0 Å². The molecule has 1 N–H and O–H groups in total. The Morgan fingerprint density at radius 3 is 2.80 bits per heavy atom. The fourth-order valence-electron chi connectivity index (χ4n) is 1.46. The van der Waals surface area contributed by atoms with E-state index in [4.69, 9.17) is 0 Å². The molecule has 0 saturated heterocycles. The van der Waals surface area contributed by atoms with Gasteiger partial charge >= 0.3 is 0 Å². The molecule has 0 unspecified atom stereocenters. The number of pyridine rings is 1. The lowest BCUT2D eigenvalue weighted by molar-refractivity contribution is 0.642. The van der Waals surface area contributed by atoms with Crippen LogP contribution in [0.15, 0.2) is 30.5 Å². The highest BCUT2D eigenvalue weighted by atomic mass is 15.3. The summed E-state index contributed by atoms with van der Waals surface area (Å²) < 4.78 is 1.92. The Morgan fingerprint density at radius 1 is 1.33 bits per heavy atom. The Morgan fingerprint density at radius 2 is 2.20 bits per heavy atom. The molecule has 0 aromatic carbocycles. The molecule has 0 atom stereocenters. The molecule has 2 rings (SSSR count). The van der Waals surface area contributed by atoms with Gasteiger partial charge in [-0.3, -0.25) is 4.68 Å². The van der Waals surface area contributed by atoms with Crippen molar-refractivity contribution in [3.8, 4) is 0 Å². The third kappa shape index (κ3) is 2.34. The first-order valence-corrected chi connectivity index (χ1v) is 4.91. The van der Waals surface area contributed by atoms with Gasteiger partial charge in [0.2, 0.25) is 0 Å². The van der Waals surface area contributed by atoms with Gasteiger partial charge in [0, 0.05) is 11.9 Å². The van der Waals surface area contributed by atoms with E-state index < -0.39 is 0 Å². The maximum atomic E-state index is 4.35. The molecule has 0 aliphatic heterocycles. The maximum absolute atomic E-state index is 4.35. The minimum atomic E-state index is 0.649. The van der Waals surface area contributed by atoms with Gasteiger partial charge < -0.3 is 5.32 Å². The van der Waals surface area contributed by atoms with Crippen LogP contribution in [0.2, 0.25) is 0 Å². The molecule has 0 amide bonds. The average Bonchev–Trinajstić information content (AvgIpc) is 2.56. The molecular weight excluding hydrogens is 188 g/mol. The summed E-state index contributed by atoms with van der Waals surface area (Å²) in [6.07, 6.45) is 1.77. The van der Waals surface area contributed by atoms with Crippen LogP contribution in [-0.2, 0) is 6.67 Å². The molecule has 2 heterocycles. The zero-order chi connectivity index (χ0) is 10.7. The topological polar surface area (TPSA) is 42.7 Å². The molecule has 78 valence electrons. The van der Waals surface area contributed by atoms with Crippen molar-refractivity contribution in [2.45, 2.75) is 20.5 Å². The number of nitrogens with zero attached hydrogens (tertiary/aromatic N) is 3. The molecule has 4 nitrogen and oxygen atoms in total. The first-order chi connectivity index (χ1) is 7.25. The summed E-state index contributed by atoms with van der Waals surface area (Å²) in [4.78, 5) is 4.18. The van der Waals surface area contributed by atoms with E-state index in [9.17, 15) is 0 Å². The summed E-state index contributed by atoms with van der Waals surface area (Å²) in [5, 5.41) is 7.56. The number of nitrogens with one attached hydrogen (secondary N) is 1. The van der Waals surface area contributed by atoms with Gasteiger partial charge in [-0.1, -0.05) is 6.07 Å². The van der Waals surface area contributed by atoms with Crippen LogP contribution in [0.3, 0.4) is 0 Å². The Kier molecular flexibility index (Phi) is 2.67. The van der Waals surface area contributed by atoms with Crippen LogP contribution in [0.5, 0.6) is 0 Å². The van der Waals surface area contributed by atoms with E-state index in [0.29, 0.717) is 6.67 Å². The second kappa shape index (κ2) is 4.13. The molecule has 0 aliphatic carbocycles. The van der Waals surface area contributed by atoms with E-state index in [0.717, 1.165) is 17.2 Å². The molecule has 15 heavy (non-hydrogen) atoms. The molecule has 0 fully saturated rings. The van der Waals surface area contributed by atoms with Gasteiger partial charge in [0.15, 0.2) is 0 Å². The molecule has 4 heteroatoms. The van der Waals surface area contributed by atoms with Gasteiger partial charge in [-0.05, 0) is 32.0 Å². The predicted octanol–water partition coefficient (Wildman–Crippen LogP) is 1.96. The van der Waals surface area contributed by atoms with Crippen molar-refractivity contribution in [2.24, 2.45) is 0 Å². The van der Waals surface area contributed by atoms with Crippen LogP contribution >= 0.6 is 0 Å². The number of anilines is 1. The molecule has 0 bridgehead atoms. The average molecular weight is 202 g/mol. The first-order valence-electron chi connectivity index (χ1n) is 4.91. The van der Waals surface area contributed by atoms with Crippen molar-refractivity contribution in [1.29, 1.82) is 0 Å². The van der Waals surface area contributed by atoms with Crippen LogP contribution < -0.4 is 5.32 Å². The fourth-order valence-corrected chi connectivity index (χ4v) is 1.46. The second-order valence-corrected chi connectivity index (χ2v) is 3.48. The summed E-state index contributed by atoms with van der Waals surface area (Å²) in [6, 6.07) is 7.84. The van der Waals surface area contributed by atoms with Crippen LogP contribution in [-0.4, -0.2) is 14.8 Å². The highest BCUT2D eigenvalue weighted by molar-refractivity contribution is 5.32. The molecule has 0 spiro atoms. The lowest BCUT2D eigenvalue weighted by atomic mass is 10.4. The predicted molar refractivity (Wildman–Crippen MR) is 59.6 cm³/mol. The third-order valence-corrected chi connectivity index (χ3v) is 2.18. The van der Waals surface area contributed by atoms with E-state index in [-0.39, 0.29) is 0 Å². The number of rotatable bonds is 3. The van der Waals surface area contributed by atoms with Gasteiger partial charge in [0.25, 0.3) is 0 Å².